The van der Waals surface area contributed by atoms with E-state index in [2.05, 4.69) is 16.0 Å². The summed E-state index contributed by atoms with van der Waals surface area (Å²) in [7, 11) is 0. The second kappa shape index (κ2) is 7.17. The number of hydrogen-bond donors (Lipinski definition) is 2. The van der Waals surface area contributed by atoms with Gasteiger partial charge in [-0.25, -0.2) is 0 Å². The van der Waals surface area contributed by atoms with Crippen molar-refractivity contribution in [2.24, 2.45) is 0 Å². The average Bonchev–Trinajstić information content (AvgIpc) is 3.01. The van der Waals surface area contributed by atoms with Crippen LogP contribution >= 0.6 is 0 Å². The summed E-state index contributed by atoms with van der Waals surface area (Å²) >= 11 is 0. The third kappa shape index (κ3) is 3.52. The van der Waals surface area contributed by atoms with Crippen molar-refractivity contribution in [2.75, 3.05) is 0 Å². The van der Waals surface area contributed by atoms with Gasteiger partial charge in [-0.3, -0.25) is 20.4 Å². The van der Waals surface area contributed by atoms with Gasteiger partial charge < -0.3 is 4.52 Å². The number of amides is 2. The molecule has 2 amide bonds. The molecule has 0 bridgehead atoms. The summed E-state index contributed by atoms with van der Waals surface area (Å²) in [5.74, 6) is -0.295. The number of hydrazine groups is 1. The van der Waals surface area contributed by atoms with Crippen LogP contribution in [0, 0.1) is 6.92 Å². The zero-order valence-electron chi connectivity index (χ0n) is 14.1. The molecule has 0 saturated carbocycles. The first-order chi connectivity index (χ1) is 12.1. The second-order valence-electron chi connectivity index (χ2n) is 5.73. The average molecular weight is 337 g/mol. The third-order valence-electron chi connectivity index (χ3n) is 4.04. The Bertz CT molecular complexity index is 925. The Labute approximate surface area is 145 Å². The molecule has 0 atom stereocenters. The van der Waals surface area contributed by atoms with Gasteiger partial charge >= 0.3 is 0 Å². The minimum atomic E-state index is -0.429. The van der Waals surface area contributed by atoms with E-state index in [-0.39, 0.29) is 12.3 Å². The molecule has 2 N–H and O–H groups in total. The van der Waals surface area contributed by atoms with Gasteiger partial charge in [0.2, 0.25) is 5.91 Å². The van der Waals surface area contributed by atoms with Crippen LogP contribution in [-0.4, -0.2) is 17.0 Å². The van der Waals surface area contributed by atoms with Crippen LogP contribution in [0.5, 0.6) is 0 Å². The summed E-state index contributed by atoms with van der Waals surface area (Å²) in [5.41, 5.74) is 6.72. The molecule has 3 aromatic rings. The van der Waals surface area contributed by atoms with Crippen LogP contribution in [-0.2, 0) is 17.6 Å². The van der Waals surface area contributed by atoms with Crippen LogP contribution in [0.2, 0.25) is 0 Å². The van der Waals surface area contributed by atoms with Crippen LogP contribution in [0.3, 0.4) is 0 Å². The minimum absolute atomic E-state index is 0.172. The summed E-state index contributed by atoms with van der Waals surface area (Å²) in [6.07, 6.45) is 0.745. The van der Waals surface area contributed by atoms with Crippen LogP contribution in [0.4, 0.5) is 0 Å². The van der Waals surface area contributed by atoms with Crippen molar-refractivity contribution in [2.45, 2.75) is 26.7 Å². The maximum Gasteiger partial charge on any atom is 0.275 e. The Kier molecular flexibility index (Phi) is 4.79. The van der Waals surface area contributed by atoms with E-state index in [9.17, 15) is 9.59 Å². The van der Waals surface area contributed by atoms with Gasteiger partial charge in [-0.2, -0.15) is 0 Å². The van der Waals surface area contributed by atoms with Crippen molar-refractivity contribution in [3.63, 3.8) is 0 Å². The molecule has 0 fully saturated rings. The van der Waals surface area contributed by atoms with Crippen molar-refractivity contribution in [1.82, 2.24) is 16.0 Å². The van der Waals surface area contributed by atoms with Gasteiger partial charge in [0.1, 0.15) is 11.3 Å². The lowest BCUT2D eigenvalue weighted by atomic mass is 10.0. The minimum Gasteiger partial charge on any atom is -0.361 e. The third-order valence-corrected chi connectivity index (χ3v) is 4.04. The van der Waals surface area contributed by atoms with Gasteiger partial charge in [0.15, 0.2) is 0 Å². The summed E-state index contributed by atoms with van der Waals surface area (Å²) in [4.78, 5) is 24.5. The predicted molar refractivity (Wildman–Crippen MR) is 93.9 cm³/mol. The Hall–Kier alpha value is -3.15. The summed E-state index contributed by atoms with van der Waals surface area (Å²) in [5, 5.41) is 5.93. The molecule has 1 heterocycles. The number of benzene rings is 2. The Morgan fingerprint density at radius 1 is 1.08 bits per heavy atom. The summed E-state index contributed by atoms with van der Waals surface area (Å²) in [6, 6.07) is 13.7. The zero-order chi connectivity index (χ0) is 17.8. The normalized spacial score (nSPS) is 10.6. The van der Waals surface area contributed by atoms with Crippen molar-refractivity contribution in [3.8, 4) is 0 Å². The van der Waals surface area contributed by atoms with E-state index in [1.807, 2.05) is 49.4 Å². The van der Waals surface area contributed by atoms with Crippen LogP contribution in [0.15, 0.2) is 47.0 Å². The molecule has 3 rings (SSSR count). The lowest BCUT2D eigenvalue weighted by Crippen LogP contribution is -2.42. The molecule has 0 saturated heterocycles. The number of aryl methyl sites for hydroxylation is 2. The molecule has 2 aromatic carbocycles. The zero-order valence-corrected chi connectivity index (χ0v) is 14.1. The van der Waals surface area contributed by atoms with E-state index in [4.69, 9.17) is 4.52 Å². The van der Waals surface area contributed by atoms with Gasteiger partial charge in [-0.15, -0.1) is 0 Å². The fraction of sp³-hybridized carbons (Fsp3) is 0.211. The van der Waals surface area contributed by atoms with Crippen molar-refractivity contribution >= 4 is 22.6 Å². The van der Waals surface area contributed by atoms with E-state index in [1.54, 1.807) is 6.92 Å². The molecule has 128 valence electrons. The van der Waals surface area contributed by atoms with Gasteiger partial charge in [0, 0.05) is 0 Å². The Balaban J connectivity index is 1.67. The molecule has 1 aromatic heterocycles. The molecule has 0 radical (unpaired) electrons. The van der Waals surface area contributed by atoms with Crippen LogP contribution in [0.1, 0.15) is 34.3 Å². The first kappa shape index (κ1) is 16.7. The van der Waals surface area contributed by atoms with E-state index in [1.165, 1.54) is 0 Å². The van der Waals surface area contributed by atoms with E-state index in [0.717, 1.165) is 16.3 Å². The standard InChI is InChI=1S/C19H19N3O3/c1-3-16-18(12(2)25-22-16)19(24)21-20-17(23)11-14-9-6-8-13-7-4-5-10-15(13)14/h4-10H,3,11H2,1-2H3,(H,20,23)(H,21,24). The molecular formula is C19H19N3O3. The Morgan fingerprint density at radius 2 is 1.84 bits per heavy atom. The van der Waals surface area contributed by atoms with Gasteiger partial charge in [-0.05, 0) is 29.7 Å². The van der Waals surface area contributed by atoms with Crippen molar-refractivity contribution < 1.29 is 14.1 Å². The SMILES string of the molecule is CCc1noc(C)c1C(=O)NNC(=O)Cc1cccc2ccccc12. The quantitative estimate of drug-likeness (QED) is 0.717. The number of hydrogen-bond acceptors (Lipinski definition) is 4. The van der Waals surface area contributed by atoms with Crippen LogP contribution in [0.25, 0.3) is 10.8 Å². The van der Waals surface area contributed by atoms with Gasteiger partial charge in [0.05, 0.1) is 12.1 Å². The molecule has 0 unspecified atom stereocenters. The first-order valence-electron chi connectivity index (χ1n) is 8.11. The fourth-order valence-electron chi connectivity index (χ4n) is 2.80. The highest BCUT2D eigenvalue weighted by Gasteiger charge is 2.19. The lowest BCUT2D eigenvalue weighted by molar-refractivity contribution is -0.121. The largest absolute Gasteiger partial charge is 0.361 e. The fourth-order valence-corrected chi connectivity index (χ4v) is 2.80. The number of nitrogens with zero attached hydrogens (tertiary/aromatic N) is 1. The Morgan fingerprint density at radius 3 is 2.64 bits per heavy atom. The maximum absolute atomic E-state index is 12.2. The van der Waals surface area contributed by atoms with Gasteiger partial charge in [0.25, 0.3) is 5.91 Å². The molecule has 6 nitrogen and oxygen atoms in total. The predicted octanol–water partition coefficient (Wildman–Crippen LogP) is 2.70. The molecule has 0 spiro atoms. The molecule has 0 aliphatic carbocycles. The second-order valence-corrected chi connectivity index (χ2v) is 5.73. The van der Waals surface area contributed by atoms with Crippen molar-refractivity contribution in [3.05, 3.63) is 65.0 Å². The number of carbonyl (C=O) groups is 2. The highest BCUT2D eigenvalue weighted by molar-refractivity contribution is 5.97. The van der Waals surface area contributed by atoms with Crippen molar-refractivity contribution in [1.29, 1.82) is 0 Å². The molecule has 0 aliphatic rings. The number of fused-ring (bicyclic) bond motifs is 1. The van der Waals surface area contributed by atoms with E-state index in [0.29, 0.717) is 23.4 Å². The maximum atomic E-state index is 12.2. The monoisotopic (exact) mass is 337 g/mol. The molecule has 25 heavy (non-hydrogen) atoms. The number of rotatable bonds is 4. The summed E-state index contributed by atoms with van der Waals surface area (Å²) in [6.45, 7) is 3.55. The van der Waals surface area contributed by atoms with Crippen LogP contribution < -0.4 is 10.9 Å². The number of carbonyl (C=O) groups excluding carboxylic acids is 2. The highest BCUT2D eigenvalue weighted by atomic mass is 16.5. The molecular weight excluding hydrogens is 318 g/mol. The van der Waals surface area contributed by atoms with E-state index < -0.39 is 5.91 Å². The smallest absolute Gasteiger partial charge is 0.275 e. The molecule has 6 heteroatoms. The lowest BCUT2D eigenvalue weighted by Gasteiger charge is -2.09. The highest BCUT2D eigenvalue weighted by Crippen LogP contribution is 2.18. The van der Waals surface area contributed by atoms with E-state index >= 15 is 0 Å². The first-order valence-corrected chi connectivity index (χ1v) is 8.11. The summed E-state index contributed by atoms with van der Waals surface area (Å²) < 4.78 is 5.03. The number of aromatic nitrogens is 1. The molecule has 0 aliphatic heterocycles. The van der Waals surface area contributed by atoms with Gasteiger partial charge in [-0.1, -0.05) is 54.5 Å². The number of nitrogens with one attached hydrogen (secondary N) is 2. The topological polar surface area (TPSA) is 84.2 Å².